The van der Waals surface area contributed by atoms with Crippen LogP contribution in [0.25, 0.3) is 11.0 Å². The minimum Gasteiger partial charge on any atom is -0.327 e. The summed E-state index contributed by atoms with van der Waals surface area (Å²) in [5.74, 6) is 0. The van der Waals surface area contributed by atoms with Crippen molar-refractivity contribution in [2.24, 2.45) is 4.99 Å². The van der Waals surface area contributed by atoms with Crippen molar-refractivity contribution in [1.82, 2.24) is 19.8 Å². The van der Waals surface area contributed by atoms with Gasteiger partial charge in [0.1, 0.15) is 10.8 Å². The molecule has 3 aliphatic heterocycles. The van der Waals surface area contributed by atoms with Gasteiger partial charge in [-0.05, 0) is 30.5 Å². The Bertz CT molecular complexity index is 1040. The fourth-order valence-corrected chi connectivity index (χ4v) is 7.09. The molecule has 0 radical (unpaired) electrons. The second kappa shape index (κ2) is 5.98. The van der Waals surface area contributed by atoms with Gasteiger partial charge in [0.2, 0.25) is 9.84 Å². The van der Waals surface area contributed by atoms with Crippen LogP contribution >= 0.6 is 23.4 Å². The number of sulfone groups is 1. The number of hydrogen-bond acceptors (Lipinski definition) is 7. The molecule has 2 aromatic rings. The van der Waals surface area contributed by atoms with Crippen LogP contribution in [0.15, 0.2) is 46.0 Å². The smallest absolute Gasteiger partial charge is 0.208 e. The predicted octanol–water partition coefficient (Wildman–Crippen LogP) is 2.12. The van der Waals surface area contributed by atoms with Gasteiger partial charge < -0.3 is 14.8 Å². The van der Waals surface area contributed by atoms with Crippen LogP contribution in [0.1, 0.15) is 12.5 Å². The molecule has 0 bridgehead atoms. The zero-order valence-corrected chi connectivity index (χ0v) is 16.0. The van der Waals surface area contributed by atoms with Gasteiger partial charge in [-0.1, -0.05) is 23.4 Å². The first kappa shape index (κ1) is 16.6. The molecule has 5 heterocycles. The molecule has 0 amide bonds. The highest BCUT2D eigenvalue weighted by atomic mass is 35.5. The van der Waals surface area contributed by atoms with Crippen LogP contribution < -0.4 is 5.32 Å². The topological polar surface area (TPSA) is 79.6 Å². The molecule has 2 aromatic heterocycles. The Morgan fingerprint density at radius 3 is 3.08 bits per heavy atom. The van der Waals surface area contributed by atoms with Gasteiger partial charge in [0, 0.05) is 36.6 Å². The Balaban J connectivity index is 1.67. The first-order valence-electron chi connectivity index (χ1n) is 8.30. The van der Waals surface area contributed by atoms with E-state index in [9.17, 15) is 8.42 Å². The van der Waals surface area contributed by atoms with Crippen molar-refractivity contribution in [3.63, 3.8) is 0 Å². The third-order valence-corrected chi connectivity index (χ3v) is 8.28. The SMILES string of the molecule is O=S(=O)(c1cn(C2CCNC2)c2ncccc12)C1C(Cl)=NC2SC=CN21. The van der Waals surface area contributed by atoms with Gasteiger partial charge in [-0.25, -0.2) is 18.4 Å². The maximum Gasteiger partial charge on any atom is 0.208 e. The molecule has 0 aromatic carbocycles. The lowest BCUT2D eigenvalue weighted by Gasteiger charge is -2.22. The van der Waals surface area contributed by atoms with Crippen molar-refractivity contribution in [3.8, 4) is 0 Å². The molecule has 0 saturated carbocycles. The van der Waals surface area contributed by atoms with Crippen molar-refractivity contribution in [3.05, 3.63) is 36.1 Å². The van der Waals surface area contributed by atoms with Crippen LogP contribution in [0, 0.1) is 0 Å². The van der Waals surface area contributed by atoms with Crippen LogP contribution in [-0.2, 0) is 9.84 Å². The molecule has 136 valence electrons. The lowest BCUT2D eigenvalue weighted by molar-refractivity contribution is 0.409. The first-order chi connectivity index (χ1) is 12.6. The van der Waals surface area contributed by atoms with Crippen molar-refractivity contribution < 1.29 is 8.42 Å². The number of aliphatic imine (C=N–C) groups is 1. The van der Waals surface area contributed by atoms with Crippen LogP contribution in [0.2, 0.25) is 0 Å². The zero-order valence-electron chi connectivity index (χ0n) is 13.6. The van der Waals surface area contributed by atoms with Gasteiger partial charge in [-0.15, -0.1) is 0 Å². The van der Waals surface area contributed by atoms with E-state index in [0.29, 0.717) is 11.0 Å². The number of aromatic nitrogens is 2. The molecule has 7 nitrogen and oxygen atoms in total. The quantitative estimate of drug-likeness (QED) is 0.836. The number of nitrogens with zero attached hydrogens (tertiary/aromatic N) is 4. The third-order valence-electron chi connectivity index (χ3n) is 4.98. The molecule has 5 rings (SSSR count). The molecule has 3 unspecified atom stereocenters. The highest BCUT2D eigenvalue weighted by Crippen LogP contribution is 2.40. The highest BCUT2D eigenvalue weighted by Gasteiger charge is 2.46. The van der Waals surface area contributed by atoms with Crippen LogP contribution in [0.5, 0.6) is 0 Å². The average Bonchev–Trinajstić information content (AvgIpc) is 3.36. The second-order valence-corrected chi connectivity index (χ2v) is 9.80. The molecule has 26 heavy (non-hydrogen) atoms. The van der Waals surface area contributed by atoms with Crippen LogP contribution in [0.4, 0.5) is 0 Å². The summed E-state index contributed by atoms with van der Waals surface area (Å²) in [5, 5.41) is 4.91. The van der Waals surface area contributed by atoms with Gasteiger partial charge >= 0.3 is 0 Å². The number of pyridine rings is 1. The Morgan fingerprint density at radius 2 is 2.27 bits per heavy atom. The lowest BCUT2D eigenvalue weighted by atomic mass is 10.2. The van der Waals surface area contributed by atoms with Crippen LogP contribution in [-0.4, -0.2) is 52.0 Å². The third kappa shape index (κ3) is 2.34. The normalized spacial score (nSPS) is 28.1. The van der Waals surface area contributed by atoms with E-state index < -0.39 is 15.2 Å². The molecule has 0 spiro atoms. The van der Waals surface area contributed by atoms with Gasteiger partial charge in [-0.2, -0.15) is 0 Å². The van der Waals surface area contributed by atoms with Gasteiger partial charge in [0.05, 0.1) is 4.90 Å². The molecular formula is C16H16ClN5O2S2. The summed E-state index contributed by atoms with van der Waals surface area (Å²) in [7, 11) is -3.76. The molecule has 3 atom stereocenters. The molecule has 1 fully saturated rings. The number of hydrogen-bond donors (Lipinski definition) is 1. The first-order valence-corrected chi connectivity index (χ1v) is 11.2. The maximum atomic E-state index is 13.5. The molecule has 3 aliphatic rings. The van der Waals surface area contributed by atoms with Crippen LogP contribution in [0.3, 0.4) is 0 Å². The Hall–Kier alpha value is -1.55. The van der Waals surface area contributed by atoms with Crippen molar-refractivity contribution in [1.29, 1.82) is 0 Å². The lowest BCUT2D eigenvalue weighted by Crippen LogP contribution is -2.38. The van der Waals surface area contributed by atoms with E-state index in [2.05, 4.69) is 15.3 Å². The van der Waals surface area contributed by atoms with Gasteiger partial charge in [-0.3, -0.25) is 0 Å². The summed E-state index contributed by atoms with van der Waals surface area (Å²) in [5.41, 5.74) is 0.390. The summed E-state index contributed by atoms with van der Waals surface area (Å²) < 4.78 is 29.0. The summed E-state index contributed by atoms with van der Waals surface area (Å²) >= 11 is 7.69. The predicted molar refractivity (Wildman–Crippen MR) is 103 cm³/mol. The minimum atomic E-state index is -3.76. The van der Waals surface area contributed by atoms with E-state index in [1.165, 1.54) is 11.8 Å². The molecule has 10 heteroatoms. The highest BCUT2D eigenvalue weighted by molar-refractivity contribution is 8.03. The average molecular weight is 410 g/mol. The summed E-state index contributed by atoms with van der Waals surface area (Å²) in [6.45, 7) is 1.72. The minimum absolute atomic E-state index is 0.110. The largest absolute Gasteiger partial charge is 0.327 e. The Kier molecular flexibility index (Phi) is 3.82. The standard InChI is InChI=1S/C16H16ClN5O2S2/c17-13-15(21-6-7-25-16(21)20-13)26(23,24)12-9-22(10-3-5-18-8-10)14-11(12)2-1-4-19-14/h1-2,4,6-7,9-10,15-16,18H,3,5,8H2. The van der Waals surface area contributed by atoms with E-state index in [-0.39, 0.29) is 21.6 Å². The molecule has 1 N–H and O–H groups in total. The Labute approximate surface area is 160 Å². The summed E-state index contributed by atoms with van der Waals surface area (Å²) in [6.07, 6.45) is 6.10. The van der Waals surface area contributed by atoms with Gasteiger partial charge in [0.25, 0.3) is 0 Å². The zero-order chi connectivity index (χ0) is 17.9. The molecule has 0 aliphatic carbocycles. The maximum absolute atomic E-state index is 13.5. The second-order valence-electron chi connectivity index (χ2n) is 6.47. The van der Waals surface area contributed by atoms with Crippen molar-refractivity contribution in [2.75, 3.05) is 13.1 Å². The molecule has 1 saturated heterocycles. The van der Waals surface area contributed by atoms with E-state index in [4.69, 9.17) is 11.6 Å². The monoisotopic (exact) mass is 409 g/mol. The fourth-order valence-electron chi connectivity index (χ4n) is 3.75. The summed E-state index contributed by atoms with van der Waals surface area (Å²) in [4.78, 5) is 10.7. The van der Waals surface area contributed by atoms with E-state index in [1.54, 1.807) is 35.6 Å². The number of halogens is 1. The number of thioether (sulfide) groups is 1. The summed E-state index contributed by atoms with van der Waals surface area (Å²) in [6, 6.07) is 3.76. The van der Waals surface area contributed by atoms with E-state index in [0.717, 1.165) is 19.5 Å². The number of nitrogens with one attached hydrogen (secondary N) is 1. The number of fused-ring (bicyclic) bond motifs is 2. The van der Waals surface area contributed by atoms with E-state index in [1.807, 2.05) is 9.98 Å². The Morgan fingerprint density at radius 1 is 1.38 bits per heavy atom. The van der Waals surface area contributed by atoms with Crippen molar-refractivity contribution in [2.45, 2.75) is 28.2 Å². The van der Waals surface area contributed by atoms with Crippen molar-refractivity contribution >= 4 is 49.4 Å². The molecular weight excluding hydrogens is 394 g/mol. The van der Waals surface area contributed by atoms with Gasteiger partial charge in [0.15, 0.2) is 10.9 Å². The number of rotatable bonds is 3. The van der Waals surface area contributed by atoms with E-state index >= 15 is 0 Å². The fraction of sp³-hybridized carbons (Fsp3) is 0.375.